The van der Waals surface area contributed by atoms with Crippen LogP contribution in [-0.2, 0) is 9.53 Å². The van der Waals surface area contributed by atoms with Crippen molar-refractivity contribution in [2.75, 3.05) is 5.32 Å². The van der Waals surface area contributed by atoms with Crippen LogP contribution in [0.4, 0.5) is 5.69 Å². The van der Waals surface area contributed by atoms with Crippen LogP contribution in [0.2, 0.25) is 0 Å². The number of benzene rings is 3. The molecule has 1 amide bonds. The van der Waals surface area contributed by atoms with E-state index in [1.165, 1.54) is 0 Å². The summed E-state index contributed by atoms with van der Waals surface area (Å²) in [5.41, 5.74) is 5.12. The quantitative estimate of drug-likeness (QED) is 0.629. The Labute approximate surface area is 165 Å². The molecule has 0 bridgehead atoms. The van der Waals surface area contributed by atoms with E-state index in [2.05, 4.69) is 5.32 Å². The molecule has 0 aliphatic carbocycles. The number of anilines is 1. The first-order chi connectivity index (χ1) is 13.5. The summed E-state index contributed by atoms with van der Waals surface area (Å²) in [5, 5.41) is 2.87. The number of aryl methyl sites for hydroxylation is 2. The number of carbonyl (C=O) groups excluding carboxylic acids is 2. The van der Waals surface area contributed by atoms with Crippen molar-refractivity contribution in [2.24, 2.45) is 0 Å². The van der Waals surface area contributed by atoms with E-state index in [1.54, 1.807) is 19.1 Å². The van der Waals surface area contributed by atoms with E-state index in [4.69, 9.17) is 4.74 Å². The number of rotatable bonds is 5. The fourth-order valence-corrected chi connectivity index (χ4v) is 2.85. The van der Waals surface area contributed by atoms with Gasteiger partial charge in [-0.15, -0.1) is 0 Å². The Morgan fingerprint density at radius 3 is 2.25 bits per heavy atom. The highest BCUT2D eigenvalue weighted by Gasteiger charge is 2.20. The molecule has 0 saturated carbocycles. The van der Waals surface area contributed by atoms with Crippen molar-refractivity contribution in [3.05, 3.63) is 89.5 Å². The lowest BCUT2D eigenvalue weighted by Gasteiger charge is -2.16. The van der Waals surface area contributed by atoms with Crippen LogP contribution in [0.1, 0.15) is 28.4 Å². The highest BCUT2D eigenvalue weighted by molar-refractivity contribution is 6.00. The Hall–Kier alpha value is -3.40. The number of esters is 1. The molecule has 3 aromatic rings. The van der Waals surface area contributed by atoms with Crippen LogP contribution in [-0.4, -0.2) is 18.0 Å². The van der Waals surface area contributed by atoms with Gasteiger partial charge in [0.1, 0.15) is 0 Å². The van der Waals surface area contributed by atoms with Gasteiger partial charge in [-0.05, 0) is 55.7 Å². The highest BCUT2D eigenvalue weighted by Crippen LogP contribution is 2.27. The molecule has 0 aliphatic rings. The first-order valence-electron chi connectivity index (χ1n) is 9.19. The van der Waals surface area contributed by atoms with Crippen molar-refractivity contribution in [3.8, 4) is 11.1 Å². The van der Waals surface area contributed by atoms with Gasteiger partial charge in [0.05, 0.1) is 5.56 Å². The van der Waals surface area contributed by atoms with E-state index < -0.39 is 12.1 Å². The third-order valence-electron chi connectivity index (χ3n) is 4.67. The molecule has 0 saturated heterocycles. The summed E-state index contributed by atoms with van der Waals surface area (Å²) in [6.07, 6.45) is -0.919. The SMILES string of the molecule is Cc1ccc(C(=O)O[C@@H](C)C(=O)Nc2ccccc2-c2ccccc2)cc1C. The zero-order valence-corrected chi connectivity index (χ0v) is 16.2. The number of nitrogens with one attached hydrogen (secondary N) is 1. The first-order valence-corrected chi connectivity index (χ1v) is 9.19. The van der Waals surface area contributed by atoms with Gasteiger partial charge in [-0.3, -0.25) is 4.79 Å². The van der Waals surface area contributed by atoms with Crippen LogP contribution >= 0.6 is 0 Å². The molecule has 1 N–H and O–H groups in total. The van der Waals surface area contributed by atoms with Gasteiger partial charge in [0, 0.05) is 11.3 Å². The molecule has 3 rings (SSSR count). The third-order valence-corrected chi connectivity index (χ3v) is 4.67. The molecule has 28 heavy (non-hydrogen) atoms. The monoisotopic (exact) mass is 373 g/mol. The van der Waals surface area contributed by atoms with Crippen molar-refractivity contribution in [1.29, 1.82) is 0 Å². The number of ether oxygens (including phenoxy) is 1. The Kier molecular flexibility index (Phi) is 5.90. The largest absolute Gasteiger partial charge is 0.449 e. The van der Waals surface area contributed by atoms with Gasteiger partial charge >= 0.3 is 5.97 Å². The zero-order chi connectivity index (χ0) is 20.1. The van der Waals surface area contributed by atoms with Crippen LogP contribution in [0.5, 0.6) is 0 Å². The average Bonchev–Trinajstić information content (AvgIpc) is 2.71. The van der Waals surface area contributed by atoms with E-state index in [0.29, 0.717) is 11.3 Å². The smallest absolute Gasteiger partial charge is 0.338 e. The van der Waals surface area contributed by atoms with E-state index >= 15 is 0 Å². The summed E-state index contributed by atoms with van der Waals surface area (Å²) in [5.74, 6) is -0.886. The third kappa shape index (κ3) is 4.46. The minimum atomic E-state index is -0.919. The van der Waals surface area contributed by atoms with E-state index in [1.807, 2.05) is 74.5 Å². The predicted octanol–water partition coefficient (Wildman–Crippen LogP) is 5.15. The van der Waals surface area contributed by atoms with Crippen LogP contribution in [0.3, 0.4) is 0 Å². The molecule has 4 nitrogen and oxygen atoms in total. The summed E-state index contributed by atoms with van der Waals surface area (Å²) in [6.45, 7) is 5.48. The second-order valence-corrected chi connectivity index (χ2v) is 6.75. The van der Waals surface area contributed by atoms with Crippen molar-refractivity contribution in [3.63, 3.8) is 0 Å². The van der Waals surface area contributed by atoms with Gasteiger partial charge in [0.15, 0.2) is 6.10 Å². The molecule has 142 valence electrons. The number of amides is 1. The van der Waals surface area contributed by atoms with Gasteiger partial charge in [-0.2, -0.15) is 0 Å². The minimum Gasteiger partial charge on any atom is -0.449 e. The molecule has 0 radical (unpaired) electrons. The lowest BCUT2D eigenvalue weighted by atomic mass is 10.0. The zero-order valence-electron chi connectivity index (χ0n) is 16.2. The number of para-hydroxylation sites is 1. The Morgan fingerprint density at radius 2 is 1.54 bits per heavy atom. The topological polar surface area (TPSA) is 55.4 Å². The molecule has 0 aromatic heterocycles. The van der Waals surface area contributed by atoms with Gasteiger partial charge in [0.25, 0.3) is 5.91 Å². The molecule has 0 fully saturated rings. The molecule has 0 heterocycles. The van der Waals surface area contributed by atoms with Crippen molar-refractivity contribution >= 4 is 17.6 Å². The standard InChI is InChI=1S/C24H23NO3/c1-16-13-14-20(15-17(16)2)24(27)28-18(3)23(26)25-22-12-8-7-11-21(22)19-9-5-4-6-10-19/h4-15,18H,1-3H3,(H,25,26)/t18-/m0/s1. The predicted molar refractivity (Wildman–Crippen MR) is 111 cm³/mol. The summed E-state index contributed by atoms with van der Waals surface area (Å²) < 4.78 is 5.36. The lowest BCUT2D eigenvalue weighted by Crippen LogP contribution is -2.30. The van der Waals surface area contributed by atoms with Crippen molar-refractivity contribution < 1.29 is 14.3 Å². The first kappa shape index (κ1) is 19.4. The molecule has 3 aromatic carbocycles. The Bertz CT molecular complexity index is 996. The van der Waals surface area contributed by atoms with Gasteiger partial charge in [-0.1, -0.05) is 54.6 Å². The maximum atomic E-state index is 12.6. The van der Waals surface area contributed by atoms with Crippen LogP contribution in [0.25, 0.3) is 11.1 Å². The van der Waals surface area contributed by atoms with Crippen LogP contribution < -0.4 is 5.32 Å². The molecule has 0 unspecified atom stereocenters. The molecule has 0 aliphatic heterocycles. The maximum Gasteiger partial charge on any atom is 0.338 e. The summed E-state index contributed by atoms with van der Waals surface area (Å²) in [6, 6.07) is 22.7. The minimum absolute atomic E-state index is 0.374. The second-order valence-electron chi connectivity index (χ2n) is 6.75. The fourth-order valence-electron chi connectivity index (χ4n) is 2.85. The van der Waals surface area contributed by atoms with E-state index in [-0.39, 0.29) is 5.91 Å². The molecule has 1 atom stereocenters. The molecule has 0 spiro atoms. The summed E-state index contributed by atoms with van der Waals surface area (Å²) >= 11 is 0. The van der Waals surface area contributed by atoms with Crippen molar-refractivity contribution in [1.82, 2.24) is 0 Å². The number of carbonyl (C=O) groups is 2. The lowest BCUT2D eigenvalue weighted by molar-refractivity contribution is -0.123. The molecular formula is C24H23NO3. The highest BCUT2D eigenvalue weighted by atomic mass is 16.5. The van der Waals surface area contributed by atoms with E-state index in [9.17, 15) is 9.59 Å². The summed E-state index contributed by atoms with van der Waals surface area (Å²) in [7, 11) is 0. The van der Waals surface area contributed by atoms with Crippen LogP contribution in [0.15, 0.2) is 72.8 Å². The van der Waals surface area contributed by atoms with Gasteiger partial charge < -0.3 is 10.1 Å². The molecular weight excluding hydrogens is 350 g/mol. The maximum absolute atomic E-state index is 12.6. The van der Waals surface area contributed by atoms with E-state index in [0.717, 1.165) is 22.3 Å². The Balaban J connectivity index is 1.71. The second kappa shape index (κ2) is 8.53. The normalized spacial score (nSPS) is 11.5. The number of hydrogen-bond donors (Lipinski definition) is 1. The molecule has 4 heteroatoms. The van der Waals surface area contributed by atoms with Crippen LogP contribution in [0, 0.1) is 13.8 Å². The number of hydrogen-bond acceptors (Lipinski definition) is 3. The van der Waals surface area contributed by atoms with Gasteiger partial charge in [0.2, 0.25) is 0 Å². The Morgan fingerprint density at radius 1 is 0.857 bits per heavy atom. The fraction of sp³-hybridized carbons (Fsp3) is 0.167. The van der Waals surface area contributed by atoms with Gasteiger partial charge in [-0.25, -0.2) is 4.79 Å². The van der Waals surface area contributed by atoms with Crippen molar-refractivity contribution in [2.45, 2.75) is 26.9 Å². The summed E-state index contributed by atoms with van der Waals surface area (Å²) in [4.78, 5) is 25.0. The average molecular weight is 373 g/mol.